The number of nitrogens with zero attached hydrogens (tertiary/aromatic N) is 3. The Labute approximate surface area is 625 Å². The molecule has 3 aliphatic heterocycles. The molecule has 105 heavy (non-hydrogen) atoms. The first-order valence-electron chi connectivity index (χ1n) is 37.5. The Balaban J connectivity index is 0.00000167. The number of nitrogens with one attached hydrogen (secondary N) is 4. The maximum Gasteiger partial charge on any atom is 0.312 e. The molecular weight excluding hydrogens is 1350 g/mol. The number of Topliss-reactive ketones (excluding diaryl/α,β-unsaturated/α-hetero) is 5. The molecule has 0 aliphatic carbocycles. The minimum atomic E-state index is -0.833. The highest BCUT2D eigenvalue weighted by atomic mass is 16.5. The maximum atomic E-state index is 13.4. The molecule has 3 fully saturated rings. The number of carbonyl (C=O) groups is 16. The largest absolute Gasteiger partial charge is 0.461 e. The lowest BCUT2D eigenvalue weighted by molar-refractivity contribution is -0.142. The Hall–Kier alpha value is -8.06. The van der Waals surface area contributed by atoms with Crippen LogP contribution in [-0.4, -0.2) is 154 Å². The van der Waals surface area contributed by atoms with E-state index in [1.807, 2.05) is 76.2 Å². The van der Waals surface area contributed by atoms with Crippen LogP contribution in [-0.2, 0) is 84.9 Å². The van der Waals surface area contributed by atoms with E-state index in [-0.39, 0.29) is 202 Å². The molecule has 1 aromatic rings. The van der Waals surface area contributed by atoms with Gasteiger partial charge in [0.25, 0.3) is 0 Å². The minimum absolute atomic E-state index is 0. The van der Waals surface area contributed by atoms with Crippen LogP contribution in [0.5, 0.6) is 0 Å². The van der Waals surface area contributed by atoms with Crippen LogP contribution in [0.2, 0.25) is 0 Å². The third-order valence-corrected chi connectivity index (χ3v) is 19.2. The highest BCUT2D eigenvalue weighted by molar-refractivity contribution is 6.05. The van der Waals surface area contributed by atoms with Gasteiger partial charge in [0.1, 0.15) is 24.0 Å². The minimum Gasteiger partial charge on any atom is -0.461 e. The van der Waals surface area contributed by atoms with Crippen LogP contribution < -0.4 is 32.7 Å². The number of primary amides is 2. The van der Waals surface area contributed by atoms with E-state index in [2.05, 4.69) is 21.3 Å². The fourth-order valence-electron chi connectivity index (χ4n) is 12.6. The molecule has 0 saturated carbocycles. The van der Waals surface area contributed by atoms with Gasteiger partial charge < -0.3 is 42.3 Å². The number of hydrogen-bond acceptors (Lipinski definition) is 17. The Morgan fingerprint density at radius 1 is 0.467 bits per heavy atom. The molecule has 0 radical (unpaired) electrons. The number of urea groups is 2. The van der Waals surface area contributed by atoms with Gasteiger partial charge in [-0.2, -0.15) is 0 Å². The molecular formula is C79H131N9O17. The van der Waals surface area contributed by atoms with Crippen molar-refractivity contribution in [3.63, 3.8) is 0 Å². The van der Waals surface area contributed by atoms with Gasteiger partial charge in [0, 0.05) is 133 Å². The van der Waals surface area contributed by atoms with Crippen molar-refractivity contribution in [3.8, 4) is 0 Å². The zero-order valence-electron chi connectivity index (χ0n) is 63.9. The second-order valence-electron chi connectivity index (χ2n) is 29.6. The van der Waals surface area contributed by atoms with E-state index in [4.69, 9.17) is 16.2 Å². The smallest absolute Gasteiger partial charge is 0.312 e. The monoisotopic (exact) mass is 1480 g/mol. The number of hydrogen-bond donors (Lipinski definition) is 6. The van der Waals surface area contributed by atoms with Crippen LogP contribution in [0.25, 0.3) is 0 Å². The van der Waals surface area contributed by atoms with Crippen molar-refractivity contribution >= 4 is 94.2 Å². The number of benzene rings is 1. The summed E-state index contributed by atoms with van der Waals surface area (Å²) >= 11 is 0. The van der Waals surface area contributed by atoms with Gasteiger partial charge >= 0.3 is 18.0 Å². The number of likely N-dealkylation sites (tertiary alicyclic amines) is 3. The summed E-state index contributed by atoms with van der Waals surface area (Å²) in [5, 5.41) is 10.7. The van der Waals surface area contributed by atoms with Crippen molar-refractivity contribution in [1.82, 2.24) is 36.0 Å². The molecule has 3 saturated heterocycles. The van der Waals surface area contributed by atoms with Gasteiger partial charge in [0.15, 0.2) is 11.6 Å². The fourth-order valence-corrected chi connectivity index (χ4v) is 12.6. The Morgan fingerprint density at radius 2 is 0.810 bits per heavy atom. The van der Waals surface area contributed by atoms with Crippen LogP contribution in [0.3, 0.4) is 0 Å². The Morgan fingerprint density at radius 3 is 1.11 bits per heavy atom. The summed E-state index contributed by atoms with van der Waals surface area (Å²) in [5.41, 5.74) is 11.7. The normalized spacial score (nSPS) is 16.7. The molecule has 0 aromatic heterocycles. The Bertz CT molecular complexity index is 3020. The first-order valence-corrected chi connectivity index (χ1v) is 37.5. The van der Waals surface area contributed by atoms with Crippen LogP contribution >= 0.6 is 0 Å². The molecule has 0 spiro atoms. The van der Waals surface area contributed by atoms with E-state index in [1.54, 1.807) is 31.2 Å². The maximum absolute atomic E-state index is 13.4. The predicted molar refractivity (Wildman–Crippen MR) is 402 cm³/mol. The van der Waals surface area contributed by atoms with Crippen molar-refractivity contribution < 1.29 is 81.4 Å². The van der Waals surface area contributed by atoms with Gasteiger partial charge in [-0.25, -0.2) is 9.59 Å². The SMILES string of the molecule is C.C.CC(=O)CCCCCN1C(=O)CC(C(C)C)C1=O.CC(=O)OCc1ccc(CC(=O)[C@H](CCCNC(N)=O)NC(=O)[C@@H](CC(=O)CCCCCN2C(=O)CC(C(C)C)C2=O)C(C)C)cc1.CCCC(=O)[C@H](CCCNC(N)=O)NC(=O)[C@@H](CC(=O)CCCCCN1C(=O)CC(C(C)C)C1=O)C(C)C. The molecule has 8 N–H and O–H groups in total. The van der Waals surface area contributed by atoms with Crippen molar-refractivity contribution in [2.45, 2.75) is 278 Å². The topological polar surface area (TPSA) is 392 Å². The zero-order valence-corrected chi connectivity index (χ0v) is 63.9. The lowest BCUT2D eigenvalue weighted by Gasteiger charge is -2.24. The van der Waals surface area contributed by atoms with Gasteiger partial charge in [0.2, 0.25) is 47.3 Å². The Kier molecular flexibility index (Phi) is 47.3. The molecule has 0 bridgehead atoms. The summed E-state index contributed by atoms with van der Waals surface area (Å²) in [6, 6.07) is 4.25. The van der Waals surface area contributed by atoms with E-state index in [9.17, 15) is 76.7 Å². The van der Waals surface area contributed by atoms with E-state index >= 15 is 0 Å². The van der Waals surface area contributed by atoms with E-state index in [0.29, 0.717) is 116 Å². The van der Waals surface area contributed by atoms with Crippen LogP contribution in [0.4, 0.5) is 9.59 Å². The molecule has 26 heteroatoms. The number of ether oxygens (including phenoxy) is 1. The van der Waals surface area contributed by atoms with Crippen molar-refractivity contribution in [2.75, 3.05) is 32.7 Å². The van der Waals surface area contributed by atoms with Crippen molar-refractivity contribution in [1.29, 1.82) is 0 Å². The number of ketones is 5. The molecule has 7 atom stereocenters. The number of unbranched alkanes of at least 4 members (excludes halogenated alkanes) is 6. The highest BCUT2D eigenvalue weighted by Crippen LogP contribution is 2.30. The summed E-state index contributed by atoms with van der Waals surface area (Å²) in [6.07, 6.45) is 11.2. The molecule has 4 rings (SSSR count). The number of nitrogens with two attached hydrogens (primary N) is 2. The summed E-state index contributed by atoms with van der Waals surface area (Å²) in [5.74, 6) is -3.28. The number of esters is 1. The van der Waals surface area contributed by atoms with Gasteiger partial charge in [-0.15, -0.1) is 0 Å². The summed E-state index contributed by atoms with van der Waals surface area (Å²) in [4.78, 5) is 199. The zero-order chi connectivity index (χ0) is 77.6. The summed E-state index contributed by atoms with van der Waals surface area (Å²) in [7, 11) is 0. The molecule has 26 nitrogen and oxygen atoms in total. The molecule has 12 amide bonds. The van der Waals surface area contributed by atoms with Gasteiger partial charge in [-0.3, -0.25) is 77.0 Å². The van der Waals surface area contributed by atoms with E-state index < -0.39 is 36.0 Å². The summed E-state index contributed by atoms with van der Waals surface area (Å²) in [6.45, 7) is 25.9. The first kappa shape index (κ1) is 96.9. The average Bonchev–Trinajstić information content (AvgIpc) is 1.71. The van der Waals surface area contributed by atoms with Crippen LogP contribution in [0.15, 0.2) is 24.3 Å². The lowest BCUT2D eigenvalue weighted by atomic mass is 9.88. The van der Waals surface area contributed by atoms with Gasteiger partial charge in [0.05, 0.1) is 12.1 Å². The third-order valence-electron chi connectivity index (χ3n) is 19.2. The number of carbonyl (C=O) groups excluding carboxylic acids is 16. The van der Waals surface area contributed by atoms with E-state index in [0.717, 1.165) is 30.4 Å². The van der Waals surface area contributed by atoms with Crippen molar-refractivity contribution in [3.05, 3.63) is 35.4 Å². The molecule has 1 aromatic carbocycles. The van der Waals surface area contributed by atoms with E-state index in [1.165, 1.54) is 21.6 Å². The number of amides is 12. The first-order chi connectivity index (χ1) is 48.5. The van der Waals surface area contributed by atoms with Crippen LogP contribution in [0, 0.1) is 59.2 Å². The average molecular weight is 1480 g/mol. The van der Waals surface area contributed by atoms with Gasteiger partial charge in [-0.05, 0) is 118 Å². The quantitative estimate of drug-likeness (QED) is 0.0201. The predicted octanol–water partition coefficient (Wildman–Crippen LogP) is 10.2. The lowest BCUT2D eigenvalue weighted by Crippen LogP contribution is -2.46. The third kappa shape index (κ3) is 36.7. The highest BCUT2D eigenvalue weighted by Gasteiger charge is 2.42. The standard InChI is InChI=1S/C35H52N4O8.C28H48N4O6.C14H23NO3.2CH4/c1-22(2)28(19-27(41)10-7-6-8-17-39-32(43)20-29(23(3)4)34(39)45)33(44)38-30(11-9-16-37-35(36)46)31(42)18-25-12-14-26(15-13-25)21-47-24(5)40;1-6-11-24(34)23(13-10-14-30-28(29)38)31-26(36)21(18(2)3)16-20(33)12-8-7-9-15-32-25(35)17-22(19(4)5)27(32)37;1-10(2)12-9-13(17)15(14(12)18)8-6-4-5-7-11(3)16;;/h12-15,22-23,28-30H,6-11,16-21H2,1-5H3,(H,38,44)(H3,36,37,46);18-19,21-23H,6-17H2,1-5H3,(H,31,36)(H3,29,30,38);10,12H,4-9H2,1-3H3;2*1H4/t28-,29?,30-;21-,22?,23-;;;/m00.../s1. The summed E-state index contributed by atoms with van der Waals surface area (Å²) < 4.78 is 5.00. The van der Waals surface area contributed by atoms with Crippen LogP contribution in [0.1, 0.15) is 264 Å². The second kappa shape index (κ2) is 51.2. The number of imide groups is 3. The van der Waals surface area contributed by atoms with Gasteiger partial charge in [-0.1, -0.05) is 135 Å². The molecule has 3 aliphatic rings. The van der Waals surface area contributed by atoms with Crippen molar-refractivity contribution in [2.24, 2.45) is 70.6 Å². The number of rotatable bonds is 47. The molecule has 594 valence electrons. The molecule has 3 unspecified atom stereocenters. The fraction of sp³-hybridized carbons (Fsp3) is 0.722. The molecule has 3 heterocycles. The second-order valence-corrected chi connectivity index (χ2v) is 29.6.